The van der Waals surface area contributed by atoms with Gasteiger partial charge >= 0.3 is 6.18 Å². The first kappa shape index (κ1) is 25.8. The van der Waals surface area contributed by atoms with E-state index in [0.717, 1.165) is 0 Å². The Kier molecular flexibility index (Phi) is 6.64. The smallest absolute Gasteiger partial charge is 0.431 e. The van der Waals surface area contributed by atoms with Gasteiger partial charge < -0.3 is 25.0 Å². The lowest BCUT2D eigenvalue weighted by Gasteiger charge is -2.37. The number of nitrogens with one attached hydrogen (secondary N) is 1. The van der Waals surface area contributed by atoms with Crippen LogP contribution in [0.5, 0.6) is 5.75 Å². The topological polar surface area (TPSA) is 104 Å². The number of nitrogens with two attached hydrogens (primary N) is 1. The van der Waals surface area contributed by atoms with E-state index in [1.54, 1.807) is 48.5 Å². The van der Waals surface area contributed by atoms with Gasteiger partial charge in [0, 0.05) is 41.9 Å². The van der Waals surface area contributed by atoms with Crippen molar-refractivity contribution in [3.63, 3.8) is 0 Å². The monoisotopic (exact) mass is 527 g/mol. The lowest BCUT2D eigenvalue weighted by atomic mass is 9.84. The predicted octanol–water partition coefficient (Wildman–Crippen LogP) is 4.03. The predicted molar refractivity (Wildman–Crippen MR) is 137 cm³/mol. The number of allylic oxidation sites excluding steroid dienone is 1. The molecule has 1 spiro atoms. The Hall–Kier alpha value is -3.86. The molecular formula is C27H28F3N5O3. The van der Waals surface area contributed by atoms with E-state index in [9.17, 15) is 18.0 Å². The number of carbonyl (C=O) groups excluding carboxylic acids is 1. The van der Waals surface area contributed by atoms with E-state index < -0.39 is 23.2 Å². The summed E-state index contributed by atoms with van der Waals surface area (Å²) < 4.78 is 52.0. The van der Waals surface area contributed by atoms with E-state index in [1.165, 1.54) is 12.0 Å². The van der Waals surface area contributed by atoms with Gasteiger partial charge in [0.25, 0.3) is 5.91 Å². The van der Waals surface area contributed by atoms with E-state index in [0.29, 0.717) is 67.7 Å². The molecule has 0 unspecified atom stereocenters. The zero-order chi connectivity index (χ0) is 27.1. The van der Waals surface area contributed by atoms with Crippen LogP contribution in [-0.4, -0.2) is 68.5 Å². The minimum absolute atomic E-state index is 0.0693. The number of methoxy groups -OCH3 is 1. The van der Waals surface area contributed by atoms with Crippen LogP contribution in [0.1, 0.15) is 18.4 Å². The Balaban J connectivity index is 1.52. The third-order valence-corrected chi connectivity index (χ3v) is 7.20. The van der Waals surface area contributed by atoms with Crippen molar-refractivity contribution in [2.24, 2.45) is 16.1 Å². The maximum Gasteiger partial charge on any atom is 0.431 e. The highest BCUT2D eigenvalue weighted by atomic mass is 19.4. The van der Waals surface area contributed by atoms with Crippen molar-refractivity contribution in [2.45, 2.75) is 19.0 Å². The maximum atomic E-state index is 13.8. The summed E-state index contributed by atoms with van der Waals surface area (Å²) in [5, 5.41) is 8.51. The van der Waals surface area contributed by atoms with Crippen LogP contribution in [0.15, 0.2) is 64.8 Å². The molecule has 3 N–H and O–H groups in total. The summed E-state index contributed by atoms with van der Waals surface area (Å²) in [6, 6.07) is 13.3. The Morgan fingerprint density at radius 2 is 1.71 bits per heavy atom. The largest absolute Gasteiger partial charge is 0.497 e. The molecule has 2 aliphatic heterocycles. The van der Waals surface area contributed by atoms with Crippen LogP contribution in [0.4, 0.5) is 24.5 Å². The molecule has 200 valence electrons. The van der Waals surface area contributed by atoms with Gasteiger partial charge in [-0.15, -0.1) is 0 Å². The summed E-state index contributed by atoms with van der Waals surface area (Å²) in [6.45, 7) is 2.42. The van der Waals surface area contributed by atoms with Gasteiger partial charge in [0.05, 0.1) is 26.0 Å². The number of hydrogen-bond acceptors (Lipinski definition) is 6. The summed E-state index contributed by atoms with van der Waals surface area (Å²) in [6.07, 6.45) is -3.87. The van der Waals surface area contributed by atoms with Gasteiger partial charge in [-0.3, -0.25) is 10.2 Å². The highest BCUT2D eigenvalue weighted by Crippen LogP contribution is 2.57. The lowest BCUT2D eigenvalue weighted by molar-refractivity contribution is -0.113. The van der Waals surface area contributed by atoms with Crippen molar-refractivity contribution in [2.75, 3.05) is 44.9 Å². The Morgan fingerprint density at radius 1 is 1.08 bits per heavy atom. The molecule has 11 heteroatoms. The van der Waals surface area contributed by atoms with E-state index in [1.807, 2.05) is 4.90 Å². The number of anilines is 1. The Morgan fingerprint density at radius 3 is 2.26 bits per heavy atom. The molecule has 0 aromatic heterocycles. The summed E-state index contributed by atoms with van der Waals surface area (Å²) in [5.74, 6) is 0.252. The molecule has 5 rings (SSSR count). The number of alkyl halides is 3. The fourth-order valence-electron chi connectivity index (χ4n) is 4.92. The second-order valence-corrected chi connectivity index (χ2v) is 9.61. The van der Waals surface area contributed by atoms with Gasteiger partial charge in [0.15, 0.2) is 0 Å². The molecule has 1 amide bonds. The molecule has 2 aromatic rings. The zero-order valence-corrected chi connectivity index (χ0v) is 20.8. The number of ether oxygens (including phenoxy) is 2. The summed E-state index contributed by atoms with van der Waals surface area (Å²) in [5.41, 5.74) is 4.43. The van der Waals surface area contributed by atoms with Crippen molar-refractivity contribution in [3.8, 4) is 5.75 Å². The molecular weight excluding hydrogens is 499 g/mol. The van der Waals surface area contributed by atoms with Crippen molar-refractivity contribution >= 4 is 28.8 Å². The molecule has 38 heavy (non-hydrogen) atoms. The van der Waals surface area contributed by atoms with E-state index in [2.05, 4.69) is 4.99 Å². The fraction of sp³-hybridized carbons (Fsp3) is 0.370. The van der Waals surface area contributed by atoms with Crippen LogP contribution in [0.3, 0.4) is 0 Å². The molecule has 3 aliphatic rings. The number of rotatable bonds is 4. The second-order valence-electron chi connectivity index (χ2n) is 9.61. The van der Waals surface area contributed by atoms with Crippen molar-refractivity contribution in [1.29, 1.82) is 5.41 Å². The van der Waals surface area contributed by atoms with Crippen LogP contribution in [-0.2, 0) is 9.53 Å². The maximum absolute atomic E-state index is 13.8. The molecule has 8 nitrogen and oxygen atoms in total. The van der Waals surface area contributed by atoms with Gasteiger partial charge in [0.2, 0.25) is 0 Å². The van der Waals surface area contributed by atoms with Crippen molar-refractivity contribution < 1.29 is 27.4 Å². The first-order chi connectivity index (χ1) is 18.1. The van der Waals surface area contributed by atoms with Gasteiger partial charge in [0.1, 0.15) is 23.0 Å². The highest BCUT2D eigenvalue weighted by molar-refractivity contribution is 6.51. The van der Waals surface area contributed by atoms with Gasteiger partial charge in [-0.25, -0.2) is 4.99 Å². The molecule has 1 saturated carbocycles. The van der Waals surface area contributed by atoms with Crippen LogP contribution in [0.25, 0.3) is 0 Å². The molecule has 2 saturated heterocycles. The van der Waals surface area contributed by atoms with Crippen LogP contribution in [0, 0.1) is 10.8 Å². The number of amidine groups is 1. The summed E-state index contributed by atoms with van der Waals surface area (Å²) >= 11 is 0. The average Bonchev–Trinajstić information content (AvgIpc) is 3.70. The van der Waals surface area contributed by atoms with E-state index in [4.69, 9.17) is 20.6 Å². The normalized spacial score (nSPS) is 21.6. The number of benzene rings is 2. The molecule has 2 aromatic carbocycles. The fourth-order valence-corrected chi connectivity index (χ4v) is 4.92. The average molecular weight is 528 g/mol. The summed E-state index contributed by atoms with van der Waals surface area (Å²) in [7, 11) is 1.50. The minimum atomic E-state index is -4.80. The van der Waals surface area contributed by atoms with E-state index >= 15 is 0 Å². The molecule has 3 fully saturated rings. The zero-order valence-electron chi connectivity index (χ0n) is 20.8. The number of piperidine rings is 1. The molecule has 2 heterocycles. The SMILES string of the molecule is COc1ccc(N=C2C(=O)N(c3ccc(C(=N)N4CCOCC4)cc3)CC3(CC3)C2=C(N)C(F)(F)F)cc1. The lowest BCUT2D eigenvalue weighted by Crippen LogP contribution is -2.50. The van der Waals surface area contributed by atoms with Gasteiger partial charge in [-0.05, 0) is 61.4 Å². The number of aliphatic imine (C=N–C) groups is 1. The van der Waals surface area contributed by atoms with Crippen molar-refractivity contribution in [1.82, 2.24) is 4.90 Å². The number of carbonyl (C=O) groups is 1. The van der Waals surface area contributed by atoms with Crippen LogP contribution >= 0.6 is 0 Å². The molecule has 0 bridgehead atoms. The van der Waals surface area contributed by atoms with Gasteiger partial charge in [-0.2, -0.15) is 13.2 Å². The third-order valence-electron chi connectivity index (χ3n) is 7.20. The molecule has 0 radical (unpaired) electrons. The molecule has 0 atom stereocenters. The van der Waals surface area contributed by atoms with Gasteiger partial charge in [-0.1, -0.05) is 0 Å². The number of hydrogen-bond donors (Lipinski definition) is 2. The Bertz CT molecular complexity index is 1290. The summed E-state index contributed by atoms with van der Waals surface area (Å²) in [4.78, 5) is 21.5. The molecule has 1 aliphatic carbocycles. The highest BCUT2D eigenvalue weighted by Gasteiger charge is 2.58. The van der Waals surface area contributed by atoms with Crippen molar-refractivity contribution in [3.05, 3.63) is 65.4 Å². The number of nitrogens with zero attached hydrogens (tertiary/aromatic N) is 3. The third kappa shape index (κ3) is 4.85. The number of amides is 1. The van der Waals surface area contributed by atoms with Crippen LogP contribution in [0.2, 0.25) is 0 Å². The number of halogens is 3. The van der Waals surface area contributed by atoms with Crippen LogP contribution < -0.4 is 15.4 Å². The van der Waals surface area contributed by atoms with E-state index in [-0.39, 0.29) is 17.8 Å². The standard InChI is InChI=1S/C27H28F3N5O3/c1-37-20-8-4-18(5-9-20)33-22-21(23(31)27(28,29)30)26(10-11-26)16-35(25(22)36)19-6-2-17(3-7-19)24(32)34-12-14-38-15-13-34/h2-9,32H,10-16,31H2,1H3. The quantitative estimate of drug-likeness (QED) is 0.462. The first-order valence-corrected chi connectivity index (χ1v) is 12.3. The number of morpholine rings is 1. The Labute approximate surface area is 218 Å². The minimum Gasteiger partial charge on any atom is -0.497 e. The first-order valence-electron chi connectivity index (χ1n) is 12.3. The second kappa shape index (κ2) is 9.79.